The second-order valence-electron chi connectivity index (χ2n) is 6.47. The van der Waals surface area contributed by atoms with E-state index in [-0.39, 0.29) is 11.3 Å². The number of benzene rings is 2. The fourth-order valence-electron chi connectivity index (χ4n) is 2.64. The third-order valence-electron chi connectivity index (χ3n) is 4.13. The maximum Gasteiger partial charge on any atom is 0.291 e. The highest BCUT2D eigenvalue weighted by atomic mass is 35.5. The molecule has 0 spiro atoms. The average molecular weight is 483 g/mol. The summed E-state index contributed by atoms with van der Waals surface area (Å²) >= 11 is 5.84. The van der Waals surface area contributed by atoms with Crippen LogP contribution in [0.4, 0.5) is 8.78 Å². The fourth-order valence-corrected chi connectivity index (χ4v) is 2.76. The van der Waals surface area contributed by atoms with Crippen molar-refractivity contribution in [3.8, 4) is 5.75 Å². The van der Waals surface area contributed by atoms with Crippen LogP contribution < -0.4 is 4.74 Å². The van der Waals surface area contributed by atoms with Gasteiger partial charge in [0.05, 0.1) is 24.5 Å². The molecule has 0 fully saturated rings. The Morgan fingerprint density at radius 1 is 1.18 bits per heavy atom. The normalized spacial score (nSPS) is 11.2. The minimum atomic E-state index is -1.50. The highest BCUT2D eigenvalue weighted by Gasteiger charge is 2.15. The van der Waals surface area contributed by atoms with Gasteiger partial charge in [0.2, 0.25) is 0 Å². The lowest BCUT2D eigenvalue weighted by atomic mass is 10.1. The van der Waals surface area contributed by atoms with Gasteiger partial charge in [-0.2, -0.15) is 5.10 Å². The maximum absolute atomic E-state index is 14.3. The van der Waals surface area contributed by atoms with E-state index in [0.29, 0.717) is 30.4 Å². The first-order valence-corrected chi connectivity index (χ1v) is 10.0. The molecule has 2 aromatic carbocycles. The summed E-state index contributed by atoms with van der Waals surface area (Å²) < 4.78 is 40.6. The molecule has 0 aliphatic carbocycles. The van der Waals surface area contributed by atoms with Gasteiger partial charge in [-0.05, 0) is 56.2 Å². The van der Waals surface area contributed by atoms with Gasteiger partial charge in [-0.15, -0.1) is 10.1 Å². The number of hydrogen-bond donors (Lipinski definition) is 1. The number of unbranched alkanes of at least 4 members (excludes halogenated alkanes) is 1. The van der Waals surface area contributed by atoms with Gasteiger partial charge < -0.3 is 14.7 Å². The molecule has 12 heteroatoms. The minimum Gasteiger partial charge on any atom is -0.494 e. The molecule has 1 N–H and O–H groups in total. The van der Waals surface area contributed by atoms with E-state index in [4.69, 9.17) is 36.4 Å². The number of halogens is 3. The highest BCUT2D eigenvalue weighted by Crippen LogP contribution is 2.26. The summed E-state index contributed by atoms with van der Waals surface area (Å²) in [5.74, 6) is -0.327. The fraction of sp³-hybridized carbons (Fsp3) is 0.238. The van der Waals surface area contributed by atoms with Crippen LogP contribution in [0.1, 0.15) is 25.3 Å². The van der Waals surface area contributed by atoms with E-state index in [1.165, 1.54) is 29.5 Å². The second kappa shape index (κ2) is 13.0. The zero-order valence-electron chi connectivity index (χ0n) is 17.5. The zero-order valence-corrected chi connectivity index (χ0v) is 18.3. The smallest absolute Gasteiger partial charge is 0.291 e. The molecule has 1 aromatic heterocycles. The van der Waals surface area contributed by atoms with Gasteiger partial charge in [-0.3, -0.25) is 0 Å². The van der Waals surface area contributed by atoms with Crippen LogP contribution in [0.25, 0.3) is 11.5 Å². The predicted molar refractivity (Wildman–Crippen MR) is 116 cm³/mol. The van der Waals surface area contributed by atoms with Crippen LogP contribution in [-0.4, -0.2) is 38.3 Å². The number of aromatic nitrogens is 3. The number of ether oxygens (including phenoxy) is 2. The van der Waals surface area contributed by atoms with Crippen LogP contribution in [-0.2, 0) is 4.74 Å². The molecule has 0 unspecified atom stereocenters. The molecule has 9 nitrogen and oxygen atoms in total. The number of rotatable bonds is 9. The summed E-state index contributed by atoms with van der Waals surface area (Å²) in [5.41, 5.74) is 0.710. The Labute approximate surface area is 193 Å². The van der Waals surface area contributed by atoms with Crippen LogP contribution in [0.3, 0.4) is 0 Å². The lowest BCUT2D eigenvalue weighted by Crippen LogP contribution is -2.06. The topological polar surface area (TPSA) is 113 Å². The van der Waals surface area contributed by atoms with Gasteiger partial charge in [0.1, 0.15) is 30.0 Å². The van der Waals surface area contributed by atoms with E-state index < -0.39 is 16.7 Å². The van der Waals surface area contributed by atoms with Crippen LogP contribution in [0.5, 0.6) is 5.75 Å². The van der Waals surface area contributed by atoms with Crippen LogP contribution in [0, 0.1) is 21.7 Å². The van der Waals surface area contributed by atoms with Crippen molar-refractivity contribution < 1.29 is 28.5 Å². The van der Waals surface area contributed by atoms with Crippen molar-refractivity contribution in [3.05, 3.63) is 87.5 Å². The summed E-state index contributed by atoms with van der Waals surface area (Å²) in [6.45, 7) is 2.58. The molecular formula is C21H21ClF2N4O5. The molecule has 0 atom stereocenters. The van der Waals surface area contributed by atoms with Crippen LogP contribution in [0.2, 0.25) is 5.02 Å². The van der Waals surface area contributed by atoms with E-state index in [0.717, 1.165) is 18.2 Å². The maximum atomic E-state index is 14.3. The van der Waals surface area contributed by atoms with Gasteiger partial charge in [-0.25, -0.2) is 18.4 Å². The molecule has 0 radical (unpaired) electrons. The zero-order chi connectivity index (χ0) is 24.2. The predicted octanol–water partition coefficient (Wildman–Crippen LogP) is 5.08. The Hall–Kier alpha value is -3.73. The molecule has 0 saturated carbocycles. The largest absolute Gasteiger partial charge is 0.494 e. The molecular weight excluding hydrogens is 462 g/mol. The van der Waals surface area contributed by atoms with Gasteiger partial charge in [0.25, 0.3) is 5.09 Å². The monoisotopic (exact) mass is 482 g/mol. The molecule has 0 amide bonds. The molecule has 3 rings (SSSR count). The van der Waals surface area contributed by atoms with Crippen molar-refractivity contribution in [1.29, 1.82) is 0 Å². The van der Waals surface area contributed by atoms with Crippen molar-refractivity contribution in [2.75, 3.05) is 13.2 Å². The summed E-state index contributed by atoms with van der Waals surface area (Å²) in [7, 11) is 0. The van der Waals surface area contributed by atoms with Crippen LogP contribution in [0.15, 0.2) is 55.1 Å². The molecule has 33 heavy (non-hydrogen) atoms. The molecule has 0 saturated heterocycles. The Morgan fingerprint density at radius 2 is 1.85 bits per heavy atom. The lowest BCUT2D eigenvalue weighted by Gasteiger charge is -2.15. The quantitative estimate of drug-likeness (QED) is 0.196. The Morgan fingerprint density at radius 3 is 2.45 bits per heavy atom. The third-order valence-corrected chi connectivity index (χ3v) is 4.39. The first-order chi connectivity index (χ1) is 15.8. The van der Waals surface area contributed by atoms with Gasteiger partial charge in [0, 0.05) is 11.1 Å². The Bertz CT molecular complexity index is 1060. The van der Waals surface area contributed by atoms with E-state index in [1.54, 1.807) is 31.2 Å². The lowest BCUT2D eigenvalue weighted by molar-refractivity contribution is -0.742. The highest BCUT2D eigenvalue weighted by molar-refractivity contribution is 6.30. The third kappa shape index (κ3) is 8.73. The van der Waals surface area contributed by atoms with Gasteiger partial charge in [-0.1, -0.05) is 11.6 Å². The van der Waals surface area contributed by atoms with Crippen molar-refractivity contribution in [2.24, 2.45) is 0 Å². The van der Waals surface area contributed by atoms with Gasteiger partial charge in [0.15, 0.2) is 5.76 Å². The van der Waals surface area contributed by atoms with Crippen LogP contribution >= 0.6 is 11.6 Å². The molecule has 0 aliphatic heterocycles. The van der Waals surface area contributed by atoms with E-state index >= 15 is 0 Å². The Kier molecular flexibility index (Phi) is 10.0. The molecule has 1 heterocycles. The standard InChI is InChI=1S/C21H20ClF2N3O2.HNO3/c1-15(27-14-25-13-26-27)21(19-9-6-17(23)12-20(19)24)29-11-3-2-10-28-18-7-4-16(22)5-8-18;2-1(3)4/h4-9,12-14H,2-3,10-11H2,1H3;(H,2,3,4)/b21-15-;. The Balaban J connectivity index is 0.000000890. The first-order valence-electron chi connectivity index (χ1n) is 9.63. The first kappa shape index (κ1) is 25.5. The van der Waals surface area contributed by atoms with Crippen molar-refractivity contribution in [2.45, 2.75) is 19.8 Å². The molecule has 3 aromatic rings. The van der Waals surface area contributed by atoms with Crippen molar-refractivity contribution in [3.63, 3.8) is 0 Å². The average Bonchev–Trinajstić information content (AvgIpc) is 3.29. The van der Waals surface area contributed by atoms with Gasteiger partial charge >= 0.3 is 0 Å². The molecule has 0 aliphatic rings. The van der Waals surface area contributed by atoms with E-state index in [9.17, 15) is 8.78 Å². The second-order valence-corrected chi connectivity index (χ2v) is 6.91. The minimum absolute atomic E-state index is 0.164. The number of nitrogens with zero attached hydrogens (tertiary/aromatic N) is 4. The van der Waals surface area contributed by atoms with Crippen molar-refractivity contribution >= 4 is 23.1 Å². The van der Waals surface area contributed by atoms with Crippen molar-refractivity contribution in [1.82, 2.24) is 14.8 Å². The summed E-state index contributed by atoms with van der Waals surface area (Å²) in [5, 5.41) is 18.3. The summed E-state index contributed by atoms with van der Waals surface area (Å²) in [6, 6.07) is 10.5. The number of hydrogen-bond acceptors (Lipinski definition) is 6. The molecule has 176 valence electrons. The SMILES string of the molecule is C/C(=C(/OCCCCOc1ccc(Cl)cc1)c1ccc(F)cc1F)n1cncn1.O=[N+]([O-])O. The number of allylic oxidation sites excluding steroid dienone is 1. The van der Waals surface area contributed by atoms with E-state index in [1.807, 2.05) is 0 Å². The summed E-state index contributed by atoms with van der Waals surface area (Å²) in [6.07, 6.45) is 4.28. The van der Waals surface area contributed by atoms with E-state index in [2.05, 4.69) is 10.1 Å². The summed E-state index contributed by atoms with van der Waals surface area (Å²) in [4.78, 5) is 12.3. The molecule has 0 bridgehead atoms.